The van der Waals surface area contributed by atoms with Crippen LogP contribution in [-0.4, -0.2) is 35.6 Å². The first-order valence-electron chi connectivity index (χ1n) is 6.58. The summed E-state index contributed by atoms with van der Waals surface area (Å²) in [6, 6.07) is 2.33. The molecule has 0 radical (unpaired) electrons. The van der Waals surface area contributed by atoms with Crippen molar-refractivity contribution in [2.45, 2.75) is 13.0 Å². The predicted molar refractivity (Wildman–Crippen MR) is 76.9 cm³/mol. The summed E-state index contributed by atoms with van der Waals surface area (Å²) in [5, 5.41) is 3.20. The summed E-state index contributed by atoms with van der Waals surface area (Å²) in [6.07, 6.45) is 0. The maximum Gasteiger partial charge on any atom is 0.223 e. The van der Waals surface area contributed by atoms with E-state index in [0.717, 1.165) is 30.3 Å². The number of rotatable bonds is 4. The summed E-state index contributed by atoms with van der Waals surface area (Å²) >= 11 is 0. The molecule has 0 aromatic carbocycles. The van der Waals surface area contributed by atoms with Crippen LogP contribution < -0.4 is 21.7 Å². The highest BCUT2D eigenvalue weighted by Gasteiger charge is 2.53. The molecule has 6 nitrogen and oxygen atoms in total. The van der Waals surface area contributed by atoms with Gasteiger partial charge in [0.2, 0.25) is 5.95 Å². The van der Waals surface area contributed by atoms with E-state index in [1.54, 1.807) is 0 Å². The Morgan fingerprint density at radius 1 is 1.47 bits per heavy atom. The molecule has 2 heterocycles. The monoisotopic (exact) mass is 260 g/mol. The normalized spacial score (nSPS) is 28.1. The van der Waals surface area contributed by atoms with Crippen LogP contribution in [0.5, 0.6) is 0 Å². The quantitative estimate of drug-likeness (QED) is 0.680. The molecule has 1 aromatic rings. The number of hydrogen-bond donors (Lipinski definition) is 3. The zero-order valence-corrected chi connectivity index (χ0v) is 11.1. The average Bonchev–Trinajstić information content (AvgIpc) is 2.77. The van der Waals surface area contributed by atoms with Gasteiger partial charge in [0.15, 0.2) is 0 Å². The molecule has 102 valence electrons. The van der Waals surface area contributed by atoms with Crippen LogP contribution in [0.25, 0.3) is 0 Å². The van der Waals surface area contributed by atoms with Crippen LogP contribution in [0.3, 0.4) is 0 Å². The first-order valence-corrected chi connectivity index (χ1v) is 6.58. The van der Waals surface area contributed by atoms with E-state index in [2.05, 4.69) is 26.8 Å². The lowest BCUT2D eigenvalue weighted by Gasteiger charge is -2.21. The number of piperidine rings is 1. The van der Waals surface area contributed by atoms with Gasteiger partial charge in [0.1, 0.15) is 11.6 Å². The fourth-order valence-corrected chi connectivity index (χ4v) is 2.71. The number of nitrogens with two attached hydrogens (primary N) is 2. The topological polar surface area (TPSA) is 93.1 Å². The molecule has 2 aliphatic rings. The lowest BCUT2D eigenvalue weighted by Crippen LogP contribution is -2.29. The van der Waals surface area contributed by atoms with Crippen LogP contribution in [0.4, 0.5) is 17.6 Å². The summed E-state index contributed by atoms with van der Waals surface area (Å²) in [5.41, 5.74) is 12.8. The molecular weight excluding hydrogens is 240 g/mol. The van der Waals surface area contributed by atoms with E-state index in [9.17, 15) is 0 Å². The van der Waals surface area contributed by atoms with Gasteiger partial charge in [-0.15, -0.1) is 0 Å². The summed E-state index contributed by atoms with van der Waals surface area (Å²) in [7, 11) is 0. The molecule has 1 saturated carbocycles. The smallest absolute Gasteiger partial charge is 0.223 e. The van der Waals surface area contributed by atoms with E-state index in [4.69, 9.17) is 11.5 Å². The first-order chi connectivity index (χ1) is 9.04. The lowest BCUT2D eigenvalue weighted by molar-refractivity contribution is 0.735. The Hall–Kier alpha value is -1.82. The Balaban J connectivity index is 1.73. The van der Waals surface area contributed by atoms with Crippen molar-refractivity contribution in [1.29, 1.82) is 0 Å². The minimum absolute atomic E-state index is 0.298. The molecule has 2 fully saturated rings. The number of nitrogen functional groups attached to an aromatic ring is 1. The largest absolute Gasteiger partial charge is 0.368 e. The predicted octanol–water partition coefficient (Wildman–Crippen LogP) is 0.440. The van der Waals surface area contributed by atoms with Gasteiger partial charge in [-0.05, 0) is 18.8 Å². The van der Waals surface area contributed by atoms with Crippen LogP contribution in [0.1, 0.15) is 6.92 Å². The maximum absolute atomic E-state index is 5.95. The van der Waals surface area contributed by atoms with Gasteiger partial charge < -0.3 is 21.7 Å². The fraction of sp³-hybridized carbons (Fsp3) is 0.538. The van der Waals surface area contributed by atoms with Gasteiger partial charge >= 0.3 is 0 Å². The van der Waals surface area contributed by atoms with Crippen molar-refractivity contribution in [2.24, 2.45) is 17.6 Å². The molecule has 5 N–H and O–H groups in total. The SMILES string of the molecule is C=C(C)CNc1cc(N2C[C@@H]3[C@@H](N)[C@@H]3C2)nc(N)n1. The van der Waals surface area contributed by atoms with Crippen molar-refractivity contribution >= 4 is 17.6 Å². The van der Waals surface area contributed by atoms with Gasteiger partial charge in [0, 0.05) is 31.7 Å². The molecule has 0 amide bonds. The molecule has 0 spiro atoms. The minimum atomic E-state index is 0.298. The van der Waals surface area contributed by atoms with Gasteiger partial charge in [0.05, 0.1) is 0 Å². The van der Waals surface area contributed by atoms with Crippen molar-refractivity contribution in [2.75, 3.05) is 35.6 Å². The first kappa shape index (κ1) is 12.2. The molecule has 3 atom stereocenters. The van der Waals surface area contributed by atoms with Crippen LogP contribution in [0.2, 0.25) is 0 Å². The minimum Gasteiger partial charge on any atom is -0.368 e. The van der Waals surface area contributed by atoms with Gasteiger partial charge in [-0.25, -0.2) is 0 Å². The lowest BCUT2D eigenvalue weighted by atomic mass is 10.3. The molecule has 3 rings (SSSR count). The van der Waals surface area contributed by atoms with Crippen molar-refractivity contribution in [3.8, 4) is 0 Å². The molecule has 1 aliphatic carbocycles. The van der Waals surface area contributed by atoms with Crippen LogP contribution in [-0.2, 0) is 0 Å². The Kier molecular flexibility index (Phi) is 2.82. The molecular formula is C13H20N6. The number of hydrogen-bond acceptors (Lipinski definition) is 6. The molecule has 1 saturated heterocycles. The van der Waals surface area contributed by atoms with Crippen LogP contribution >= 0.6 is 0 Å². The number of anilines is 3. The van der Waals surface area contributed by atoms with E-state index in [0.29, 0.717) is 30.4 Å². The van der Waals surface area contributed by atoms with Crippen molar-refractivity contribution < 1.29 is 0 Å². The number of nitrogens with zero attached hydrogens (tertiary/aromatic N) is 3. The second-order valence-corrected chi connectivity index (χ2v) is 5.59. The van der Waals surface area contributed by atoms with Crippen LogP contribution in [0.15, 0.2) is 18.2 Å². The van der Waals surface area contributed by atoms with Crippen molar-refractivity contribution in [1.82, 2.24) is 9.97 Å². The molecule has 19 heavy (non-hydrogen) atoms. The third-order valence-electron chi connectivity index (χ3n) is 3.89. The summed E-state index contributed by atoms with van der Waals surface area (Å²) in [5.74, 6) is 3.18. The second-order valence-electron chi connectivity index (χ2n) is 5.59. The standard InChI is InChI=1S/C13H20N6/c1-7(2)4-16-10-3-11(18-13(15)17-10)19-5-8-9(6-19)12(8)14/h3,8-9,12H,1,4-6,14H2,2H3,(H3,15,16,17,18)/t8-,9+,12+. The van der Waals surface area contributed by atoms with E-state index in [1.165, 1.54) is 0 Å². The number of aromatic nitrogens is 2. The Morgan fingerprint density at radius 3 is 2.79 bits per heavy atom. The highest BCUT2D eigenvalue weighted by atomic mass is 15.3. The molecule has 0 unspecified atom stereocenters. The number of fused-ring (bicyclic) bond motifs is 1. The summed E-state index contributed by atoms with van der Waals surface area (Å²) in [6.45, 7) is 8.46. The van der Waals surface area contributed by atoms with E-state index in [1.807, 2.05) is 13.0 Å². The highest BCUT2D eigenvalue weighted by molar-refractivity contribution is 5.54. The zero-order valence-electron chi connectivity index (χ0n) is 11.1. The van der Waals surface area contributed by atoms with E-state index >= 15 is 0 Å². The Labute approximate surface area is 112 Å². The van der Waals surface area contributed by atoms with E-state index in [-0.39, 0.29) is 0 Å². The van der Waals surface area contributed by atoms with Gasteiger partial charge in [-0.2, -0.15) is 9.97 Å². The molecule has 1 aliphatic heterocycles. The van der Waals surface area contributed by atoms with Gasteiger partial charge in [0.25, 0.3) is 0 Å². The highest BCUT2D eigenvalue weighted by Crippen LogP contribution is 2.45. The molecule has 6 heteroatoms. The molecule has 1 aromatic heterocycles. The van der Waals surface area contributed by atoms with Crippen molar-refractivity contribution in [3.05, 3.63) is 18.2 Å². The maximum atomic E-state index is 5.95. The second kappa shape index (κ2) is 4.38. The Morgan fingerprint density at radius 2 is 2.16 bits per heavy atom. The van der Waals surface area contributed by atoms with Crippen LogP contribution in [0, 0.1) is 11.8 Å². The van der Waals surface area contributed by atoms with Crippen molar-refractivity contribution in [3.63, 3.8) is 0 Å². The zero-order chi connectivity index (χ0) is 13.6. The summed E-state index contributed by atoms with van der Waals surface area (Å²) < 4.78 is 0. The third-order valence-corrected chi connectivity index (χ3v) is 3.89. The molecule has 0 bridgehead atoms. The summed E-state index contributed by atoms with van der Waals surface area (Å²) in [4.78, 5) is 10.7. The van der Waals surface area contributed by atoms with Gasteiger partial charge in [-0.1, -0.05) is 12.2 Å². The van der Waals surface area contributed by atoms with Gasteiger partial charge in [-0.3, -0.25) is 0 Å². The Bertz CT molecular complexity index is 502. The third kappa shape index (κ3) is 2.35. The van der Waals surface area contributed by atoms with E-state index < -0.39 is 0 Å². The fourth-order valence-electron chi connectivity index (χ4n) is 2.71. The average molecular weight is 260 g/mol. The number of nitrogens with one attached hydrogen (secondary N) is 1.